The zero-order valence-electron chi connectivity index (χ0n) is 10.6. The Morgan fingerprint density at radius 1 is 1.06 bits per heavy atom. The van der Waals surface area contributed by atoms with Gasteiger partial charge in [-0.2, -0.15) is 0 Å². The highest BCUT2D eigenvalue weighted by molar-refractivity contribution is 7.54. The van der Waals surface area contributed by atoms with E-state index in [2.05, 4.69) is 13.8 Å². The molecule has 95 valence electrons. The molecule has 4 nitrogen and oxygen atoms in total. The molecule has 0 aromatic rings. The maximum absolute atomic E-state index is 11.6. The molecule has 0 rings (SSSR count). The van der Waals surface area contributed by atoms with Crippen molar-refractivity contribution in [3.63, 3.8) is 0 Å². The molecule has 0 heterocycles. The predicted molar refractivity (Wildman–Crippen MR) is 64.6 cm³/mol. The standard InChI is InChI=1S/C11H22O4P/c1-10(2)7-5-6-8-11(12)9-16(13,14-3)15-4/h5-9H2,1-4H3. The number of ketones is 1. The number of carbonyl (C=O) groups is 1. The van der Waals surface area contributed by atoms with E-state index in [-0.39, 0.29) is 11.9 Å². The summed E-state index contributed by atoms with van der Waals surface area (Å²) in [4.78, 5) is 11.5. The SMILES string of the molecule is COP(=O)(CC(=O)CCCC[C](C)C)OC. The van der Waals surface area contributed by atoms with Crippen LogP contribution in [-0.2, 0) is 18.4 Å². The van der Waals surface area contributed by atoms with Crippen LogP contribution < -0.4 is 0 Å². The summed E-state index contributed by atoms with van der Waals surface area (Å²) in [6.07, 6.45) is 3.20. The average Bonchev–Trinajstić information content (AvgIpc) is 2.24. The normalized spacial score (nSPS) is 12.1. The molecule has 16 heavy (non-hydrogen) atoms. The van der Waals surface area contributed by atoms with Crippen LogP contribution in [0.5, 0.6) is 0 Å². The summed E-state index contributed by atoms with van der Waals surface area (Å²) in [6.45, 7) is 4.15. The molecule has 0 bridgehead atoms. The Labute approximate surface area is 98.2 Å². The van der Waals surface area contributed by atoms with Crippen LogP contribution in [0.25, 0.3) is 0 Å². The van der Waals surface area contributed by atoms with E-state index < -0.39 is 7.60 Å². The van der Waals surface area contributed by atoms with Gasteiger partial charge >= 0.3 is 7.60 Å². The van der Waals surface area contributed by atoms with Crippen LogP contribution in [0.1, 0.15) is 39.5 Å². The van der Waals surface area contributed by atoms with Gasteiger partial charge in [0.25, 0.3) is 0 Å². The Kier molecular flexibility index (Phi) is 7.90. The minimum Gasteiger partial charge on any atom is -0.312 e. The second kappa shape index (κ2) is 7.99. The maximum atomic E-state index is 11.6. The summed E-state index contributed by atoms with van der Waals surface area (Å²) < 4.78 is 21.1. The Balaban J connectivity index is 3.78. The Morgan fingerprint density at radius 3 is 2.00 bits per heavy atom. The van der Waals surface area contributed by atoms with Gasteiger partial charge in [0, 0.05) is 20.6 Å². The van der Waals surface area contributed by atoms with E-state index >= 15 is 0 Å². The molecule has 0 aromatic heterocycles. The smallest absolute Gasteiger partial charge is 0.312 e. The second-order valence-corrected chi connectivity index (χ2v) is 6.36. The Morgan fingerprint density at radius 2 is 1.56 bits per heavy atom. The quantitative estimate of drug-likeness (QED) is 0.465. The molecule has 0 spiro atoms. The lowest BCUT2D eigenvalue weighted by atomic mass is 10.0. The first-order valence-corrected chi connectivity index (χ1v) is 7.17. The second-order valence-electron chi connectivity index (χ2n) is 4.09. The van der Waals surface area contributed by atoms with Gasteiger partial charge < -0.3 is 9.05 Å². The molecule has 0 aliphatic carbocycles. The zero-order chi connectivity index (χ0) is 12.6. The largest absolute Gasteiger partial charge is 0.337 e. The van der Waals surface area contributed by atoms with E-state index in [4.69, 9.17) is 9.05 Å². The monoisotopic (exact) mass is 249 g/mol. The van der Waals surface area contributed by atoms with Gasteiger partial charge in [-0.25, -0.2) is 0 Å². The molecular formula is C11H22O4P. The highest BCUT2D eigenvalue weighted by Gasteiger charge is 2.24. The fraction of sp³-hybridized carbons (Fsp3) is 0.818. The maximum Gasteiger partial charge on any atom is 0.337 e. The van der Waals surface area contributed by atoms with Crippen LogP contribution in [0.3, 0.4) is 0 Å². The average molecular weight is 249 g/mol. The summed E-state index contributed by atoms with van der Waals surface area (Å²) in [7, 11) is -0.563. The van der Waals surface area contributed by atoms with Gasteiger partial charge in [-0.1, -0.05) is 20.3 Å². The van der Waals surface area contributed by atoms with Gasteiger partial charge in [-0.3, -0.25) is 9.36 Å². The third-order valence-electron chi connectivity index (χ3n) is 2.31. The molecule has 1 radical (unpaired) electrons. The van der Waals surface area contributed by atoms with Gasteiger partial charge in [0.05, 0.1) is 0 Å². The van der Waals surface area contributed by atoms with E-state index in [1.165, 1.54) is 20.1 Å². The van der Waals surface area contributed by atoms with Crippen LogP contribution in [0, 0.1) is 5.92 Å². The summed E-state index contributed by atoms with van der Waals surface area (Å²) in [6, 6.07) is 0. The molecule has 5 heteroatoms. The topological polar surface area (TPSA) is 52.6 Å². The summed E-state index contributed by atoms with van der Waals surface area (Å²) in [5.41, 5.74) is 0. The van der Waals surface area contributed by atoms with E-state index in [1.54, 1.807) is 0 Å². The highest BCUT2D eigenvalue weighted by atomic mass is 31.2. The molecule has 0 N–H and O–H groups in total. The third-order valence-corrected chi connectivity index (χ3v) is 4.16. The number of carbonyl (C=O) groups excluding carboxylic acids is 1. The molecule has 0 atom stereocenters. The van der Waals surface area contributed by atoms with Crippen LogP contribution in [0.2, 0.25) is 0 Å². The molecule has 0 saturated carbocycles. The van der Waals surface area contributed by atoms with Crippen LogP contribution >= 0.6 is 7.60 Å². The molecule has 0 unspecified atom stereocenters. The third kappa shape index (κ3) is 7.15. The van der Waals surface area contributed by atoms with Gasteiger partial charge in [-0.05, 0) is 18.8 Å². The number of hydrogen-bond donors (Lipinski definition) is 0. The van der Waals surface area contributed by atoms with Crippen LogP contribution in [0.15, 0.2) is 0 Å². The fourth-order valence-electron chi connectivity index (χ4n) is 1.30. The molecule has 0 aliphatic heterocycles. The summed E-state index contributed by atoms with van der Waals surface area (Å²) in [5.74, 6) is 1.31. The van der Waals surface area contributed by atoms with Gasteiger partial charge in [0.1, 0.15) is 11.9 Å². The van der Waals surface area contributed by atoms with E-state index in [1.807, 2.05) is 0 Å². The lowest BCUT2D eigenvalue weighted by molar-refractivity contribution is -0.117. The Hall–Kier alpha value is -0.180. The lowest BCUT2D eigenvalue weighted by Gasteiger charge is -2.12. The predicted octanol–water partition coefficient (Wildman–Crippen LogP) is 3.22. The van der Waals surface area contributed by atoms with Gasteiger partial charge in [-0.15, -0.1) is 0 Å². The van der Waals surface area contributed by atoms with Crippen molar-refractivity contribution in [2.75, 3.05) is 20.4 Å². The van der Waals surface area contributed by atoms with Crippen molar-refractivity contribution in [1.29, 1.82) is 0 Å². The first kappa shape index (κ1) is 15.8. The van der Waals surface area contributed by atoms with Crippen molar-refractivity contribution >= 4 is 13.4 Å². The van der Waals surface area contributed by atoms with E-state index in [9.17, 15) is 9.36 Å². The highest BCUT2D eigenvalue weighted by Crippen LogP contribution is 2.46. The minimum atomic E-state index is -3.16. The number of Topliss-reactive ketones (excluding diaryl/α,β-unsaturated/α-hetero) is 1. The van der Waals surface area contributed by atoms with Crippen molar-refractivity contribution in [1.82, 2.24) is 0 Å². The first-order valence-electron chi connectivity index (χ1n) is 5.45. The number of hydrogen-bond acceptors (Lipinski definition) is 4. The molecule has 0 fully saturated rings. The van der Waals surface area contributed by atoms with Crippen molar-refractivity contribution in [3.8, 4) is 0 Å². The van der Waals surface area contributed by atoms with Gasteiger partial charge in [0.2, 0.25) is 0 Å². The van der Waals surface area contributed by atoms with Crippen LogP contribution in [-0.4, -0.2) is 26.2 Å². The lowest BCUT2D eigenvalue weighted by Crippen LogP contribution is -2.07. The van der Waals surface area contributed by atoms with Crippen LogP contribution in [0.4, 0.5) is 0 Å². The van der Waals surface area contributed by atoms with Crippen molar-refractivity contribution in [3.05, 3.63) is 5.92 Å². The Bertz CT molecular complexity index is 242. The molecule has 0 amide bonds. The molecule has 0 saturated heterocycles. The molecule has 0 aliphatic rings. The number of unbranched alkanes of at least 4 members (excludes halogenated alkanes) is 1. The minimum absolute atomic E-state index is 0.0548. The van der Waals surface area contributed by atoms with E-state index in [0.29, 0.717) is 6.42 Å². The molecule has 0 aromatic carbocycles. The van der Waals surface area contributed by atoms with Crippen molar-refractivity contribution in [2.24, 2.45) is 0 Å². The van der Waals surface area contributed by atoms with Crippen molar-refractivity contribution in [2.45, 2.75) is 39.5 Å². The zero-order valence-corrected chi connectivity index (χ0v) is 11.5. The van der Waals surface area contributed by atoms with Crippen molar-refractivity contribution < 1.29 is 18.4 Å². The molecular weight excluding hydrogens is 227 g/mol. The van der Waals surface area contributed by atoms with Gasteiger partial charge in [0.15, 0.2) is 0 Å². The summed E-state index contributed by atoms with van der Waals surface area (Å²) in [5, 5.41) is 0. The number of rotatable bonds is 9. The summed E-state index contributed by atoms with van der Waals surface area (Å²) >= 11 is 0. The fourth-order valence-corrected chi connectivity index (χ4v) is 2.30. The first-order chi connectivity index (χ1) is 7.43. The van der Waals surface area contributed by atoms with E-state index in [0.717, 1.165) is 19.3 Å².